The molecule has 1 aromatic heterocycles. The molecule has 8 atom stereocenters. The topological polar surface area (TPSA) is 217 Å². The van der Waals surface area contributed by atoms with Gasteiger partial charge in [0.15, 0.2) is 0 Å². The second-order valence-electron chi connectivity index (χ2n) is 17.8. The number of nitrogens with one attached hydrogen (secondary N) is 5. The third-order valence-corrected chi connectivity index (χ3v) is 11.5. The van der Waals surface area contributed by atoms with Crippen LogP contribution in [0.4, 0.5) is 0 Å². The summed E-state index contributed by atoms with van der Waals surface area (Å²) in [6.45, 7) is 18.8. The molecule has 2 aliphatic heterocycles. The summed E-state index contributed by atoms with van der Waals surface area (Å²) in [7, 11) is 0. The van der Waals surface area contributed by atoms with Gasteiger partial charge in [-0.25, -0.2) is 4.98 Å². The molecular weight excluding hydrogens is 747 g/mol. The molecule has 0 bridgehead atoms. The summed E-state index contributed by atoms with van der Waals surface area (Å²) >= 11 is 1.27. The van der Waals surface area contributed by atoms with Crippen molar-refractivity contribution in [1.82, 2.24) is 36.5 Å². The first-order chi connectivity index (χ1) is 26.6. The highest BCUT2D eigenvalue weighted by Gasteiger charge is 2.44. The van der Waals surface area contributed by atoms with Crippen LogP contribution in [0, 0.1) is 22.7 Å². The van der Waals surface area contributed by atoms with Gasteiger partial charge in [0.05, 0.1) is 25.0 Å². The lowest BCUT2D eigenvalue weighted by atomic mass is 9.83. The van der Waals surface area contributed by atoms with Gasteiger partial charge in [-0.05, 0) is 34.7 Å². The Morgan fingerprint density at radius 3 is 2.21 bits per heavy atom. The molecule has 2 saturated heterocycles. The fourth-order valence-electron chi connectivity index (χ4n) is 7.27. The zero-order valence-electron chi connectivity index (χ0n) is 34.8. The Kier molecular flexibility index (Phi) is 14.6. The van der Waals surface area contributed by atoms with Crippen LogP contribution in [0.2, 0.25) is 0 Å². The van der Waals surface area contributed by atoms with E-state index in [1.54, 1.807) is 16.5 Å². The molecule has 3 unspecified atom stereocenters. The molecule has 4 rings (SSSR count). The Morgan fingerprint density at radius 1 is 0.982 bits per heavy atom. The number of hydrogen-bond acceptors (Lipinski definition) is 9. The van der Waals surface area contributed by atoms with Gasteiger partial charge in [0, 0.05) is 24.0 Å². The number of aromatic nitrogens is 1. The van der Waals surface area contributed by atoms with Gasteiger partial charge >= 0.3 is 0 Å². The van der Waals surface area contributed by atoms with Crippen molar-refractivity contribution in [3.63, 3.8) is 0 Å². The molecule has 2 aliphatic rings. The maximum atomic E-state index is 14.7. The SMILES string of the molecule is CC(C)[C@@H]1NC(=O)[C@@H]2[C@H](C)CCN2C(=O)CN/C(=N\C(C(=O)NC(C(=O)N[C@H](CC(N)=O)c2nccs2)[C@@H](C)c2ccccc2)C(C)(C)C)C(C(C)(C)C)NC1=O. The van der Waals surface area contributed by atoms with Crippen LogP contribution in [-0.2, 0) is 28.8 Å². The van der Waals surface area contributed by atoms with E-state index in [9.17, 15) is 28.8 Å². The molecule has 16 heteroatoms. The highest BCUT2D eigenvalue weighted by Crippen LogP contribution is 2.29. The van der Waals surface area contributed by atoms with Crippen LogP contribution >= 0.6 is 11.3 Å². The Balaban J connectivity index is 1.79. The van der Waals surface area contributed by atoms with E-state index in [2.05, 4.69) is 31.6 Å². The summed E-state index contributed by atoms with van der Waals surface area (Å²) in [6, 6.07) is 3.70. The first-order valence-electron chi connectivity index (χ1n) is 19.6. The number of benzene rings is 1. The molecule has 1 aromatic carbocycles. The number of carbonyl (C=O) groups is 6. The number of aliphatic imine (C=N–C) groups is 1. The molecule has 57 heavy (non-hydrogen) atoms. The van der Waals surface area contributed by atoms with Gasteiger partial charge in [-0.15, -0.1) is 11.3 Å². The number of fused-ring (bicyclic) bond motifs is 1. The van der Waals surface area contributed by atoms with Crippen molar-refractivity contribution in [1.29, 1.82) is 0 Å². The van der Waals surface area contributed by atoms with Crippen molar-refractivity contribution in [2.45, 2.75) is 124 Å². The smallest absolute Gasteiger partial charge is 0.246 e. The third kappa shape index (κ3) is 11.4. The predicted octanol–water partition coefficient (Wildman–Crippen LogP) is 2.79. The first kappa shape index (κ1) is 44.8. The predicted molar refractivity (Wildman–Crippen MR) is 220 cm³/mol. The molecule has 0 saturated carbocycles. The molecule has 0 aliphatic carbocycles. The van der Waals surface area contributed by atoms with Crippen molar-refractivity contribution in [2.75, 3.05) is 13.1 Å². The Morgan fingerprint density at radius 2 is 1.65 bits per heavy atom. The second kappa shape index (κ2) is 18.6. The van der Waals surface area contributed by atoms with Crippen molar-refractivity contribution in [2.24, 2.45) is 33.4 Å². The van der Waals surface area contributed by atoms with Gasteiger partial charge < -0.3 is 37.2 Å². The molecule has 3 heterocycles. The number of carbonyl (C=O) groups excluding carboxylic acids is 6. The van der Waals surface area contributed by atoms with Crippen LogP contribution in [0.15, 0.2) is 46.9 Å². The fourth-order valence-corrected chi connectivity index (χ4v) is 7.96. The van der Waals surface area contributed by atoms with Crippen molar-refractivity contribution in [3.8, 4) is 0 Å². The van der Waals surface area contributed by atoms with E-state index >= 15 is 0 Å². The van der Waals surface area contributed by atoms with Crippen molar-refractivity contribution >= 4 is 52.6 Å². The molecule has 7 N–H and O–H groups in total. The van der Waals surface area contributed by atoms with Crippen LogP contribution in [-0.4, -0.2) is 94.5 Å². The average molecular weight is 808 g/mol. The quantitative estimate of drug-likeness (QED) is 0.198. The van der Waals surface area contributed by atoms with Crippen LogP contribution in [0.25, 0.3) is 0 Å². The van der Waals surface area contributed by atoms with E-state index in [1.807, 2.05) is 99.6 Å². The van der Waals surface area contributed by atoms with Crippen LogP contribution in [0.3, 0.4) is 0 Å². The van der Waals surface area contributed by atoms with Gasteiger partial charge in [-0.1, -0.05) is 99.6 Å². The maximum Gasteiger partial charge on any atom is 0.246 e. The summed E-state index contributed by atoms with van der Waals surface area (Å²) in [4.78, 5) is 93.5. The summed E-state index contributed by atoms with van der Waals surface area (Å²) in [5.74, 6) is -3.59. The Bertz CT molecular complexity index is 1790. The van der Waals surface area contributed by atoms with Gasteiger partial charge in [-0.3, -0.25) is 33.8 Å². The van der Waals surface area contributed by atoms with Gasteiger partial charge in [0.1, 0.15) is 35.0 Å². The van der Waals surface area contributed by atoms with Crippen LogP contribution < -0.4 is 32.3 Å². The molecule has 0 spiro atoms. The highest BCUT2D eigenvalue weighted by atomic mass is 32.1. The first-order valence-corrected chi connectivity index (χ1v) is 20.5. The molecule has 312 valence electrons. The number of rotatable bonds is 11. The lowest BCUT2D eigenvalue weighted by Crippen LogP contribution is -2.63. The largest absolute Gasteiger partial charge is 0.370 e. The summed E-state index contributed by atoms with van der Waals surface area (Å²) in [5.41, 5.74) is 4.81. The molecule has 2 aromatic rings. The van der Waals surface area contributed by atoms with E-state index in [0.717, 1.165) is 5.56 Å². The number of nitrogens with two attached hydrogens (primary N) is 1. The average Bonchev–Trinajstić information content (AvgIpc) is 3.80. The van der Waals surface area contributed by atoms with E-state index in [1.165, 1.54) is 11.3 Å². The minimum atomic E-state index is -1.14. The van der Waals surface area contributed by atoms with Crippen LogP contribution in [0.1, 0.15) is 105 Å². The molecular formula is C41H61N9O6S. The summed E-state index contributed by atoms with van der Waals surface area (Å²) in [5, 5.41) is 17.3. The van der Waals surface area contributed by atoms with Gasteiger partial charge in [0.2, 0.25) is 35.4 Å². The molecule has 6 amide bonds. The molecule has 15 nitrogen and oxygen atoms in total. The van der Waals surface area contributed by atoms with Crippen molar-refractivity contribution in [3.05, 3.63) is 52.5 Å². The summed E-state index contributed by atoms with van der Waals surface area (Å²) in [6.07, 6.45) is 2.00. The highest BCUT2D eigenvalue weighted by molar-refractivity contribution is 7.09. The Hall–Kier alpha value is -4.86. The number of hydrogen-bond donors (Lipinski definition) is 6. The lowest BCUT2D eigenvalue weighted by molar-refractivity contribution is -0.140. The van der Waals surface area contributed by atoms with E-state index in [4.69, 9.17) is 10.7 Å². The molecule has 2 fully saturated rings. The van der Waals surface area contributed by atoms with Gasteiger partial charge in [0.25, 0.3) is 0 Å². The van der Waals surface area contributed by atoms with Gasteiger partial charge in [-0.2, -0.15) is 0 Å². The van der Waals surface area contributed by atoms with Crippen LogP contribution in [0.5, 0.6) is 0 Å². The zero-order valence-corrected chi connectivity index (χ0v) is 35.7. The monoisotopic (exact) mass is 807 g/mol. The second-order valence-corrected chi connectivity index (χ2v) is 18.7. The van der Waals surface area contributed by atoms with Crippen molar-refractivity contribution < 1.29 is 28.8 Å². The van der Waals surface area contributed by atoms with E-state index in [0.29, 0.717) is 18.0 Å². The normalized spacial score (nSPS) is 23.8. The number of amidine groups is 1. The maximum absolute atomic E-state index is 14.7. The molecule has 0 radical (unpaired) electrons. The summed E-state index contributed by atoms with van der Waals surface area (Å²) < 4.78 is 0. The van der Waals surface area contributed by atoms with E-state index in [-0.39, 0.29) is 42.5 Å². The Labute approximate surface area is 340 Å². The fraction of sp³-hybridized carbons (Fsp3) is 0.610. The lowest BCUT2D eigenvalue weighted by Gasteiger charge is -2.38. The number of nitrogens with zero attached hydrogens (tertiary/aromatic N) is 3. The number of primary amides is 1. The number of thiazole rings is 1. The number of amides is 6. The third-order valence-electron chi connectivity index (χ3n) is 10.6. The minimum Gasteiger partial charge on any atom is -0.370 e. The zero-order chi connectivity index (χ0) is 42.4. The minimum absolute atomic E-state index is 0.117. The van der Waals surface area contributed by atoms with E-state index < -0.39 is 76.6 Å². The standard InChI is InChI=1S/C41H61N9O6S/c1-22(2)29-35(53)49-32(40(5,6)7)34(44-21-28(52)50-18-16-23(3)31(50)37(55)46-29)48-33(41(8,9)10)38(56)47-30(24(4)25-14-12-11-13-15-25)36(54)45-26(20-27(42)51)39-43-17-19-57-39/h11-15,17,19,22-24,26,29-33H,16,18,20-21H2,1-10H3,(H2,42,51)(H,44,48)(H,45,54)(H,46,55)(H,47,56)(H,49,53)/t23-,24+,26-,29+,30?,31+,32?,33?/m1/s1.